The fourth-order valence-corrected chi connectivity index (χ4v) is 4.81. The second-order valence-corrected chi connectivity index (χ2v) is 7.25. The smallest absolute Gasteiger partial charge is 0.249 e. The Morgan fingerprint density at radius 2 is 2.18 bits per heavy atom. The van der Waals surface area contributed by atoms with E-state index in [2.05, 4.69) is 20.3 Å². The van der Waals surface area contributed by atoms with Gasteiger partial charge < -0.3 is 4.52 Å². The first-order valence-corrected chi connectivity index (χ1v) is 8.75. The lowest BCUT2D eigenvalue weighted by atomic mass is 10.2. The molecule has 1 unspecified atom stereocenters. The highest BCUT2D eigenvalue weighted by atomic mass is 32.2. The Balaban J connectivity index is 1.99. The van der Waals surface area contributed by atoms with E-state index >= 15 is 0 Å². The van der Waals surface area contributed by atoms with Crippen molar-refractivity contribution in [2.45, 2.75) is 51.0 Å². The summed E-state index contributed by atoms with van der Waals surface area (Å²) in [6, 6.07) is -0.338. The van der Waals surface area contributed by atoms with Gasteiger partial charge in [-0.2, -0.15) is 9.40 Å². The van der Waals surface area contributed by atoms with Gasteiger partial charge in [0.2, 0.25) is 10.0 Å². The number of nitrogens with zero attached hydrogens (tertiary/aromatic N) is 4. The molecule has 0 amide bonds. The summed E-state index contributed by atoms with van der Waals surface area (Å²) in [5.74, 6) is 1.61. The predicted molar refractivity (Wildman–Crippen MR) is 77.6 cm³/mol. The molecule has 0 saturated carbocycles. The average Bonchev–Trinajstić information content (AvgIpc) is 3.17. The van der Waals surface area contributed by atoms with Crippen molar-refractivity contribution in [3.8, 4) is 0 Å². The van der Waals surface area contributed by atoms with E-state index in [0.717, 1.165) is 18.7 Å². The molecule has 0 bridgehead atoms. The molecule has 2 aromatic heterocycles. The van der Waals surface area contributed by atoms with Crippen molar-refractivity contribution >= 4 is 10.0 Å². The summed E-state index contributed by atoms with van der Waals surface area (Å²) >= 11 is 0. The van der Waals surface area contributed by atoms with Gasteiger partial charge in [-0.1, -0.05) is 12.1 Å². The lowest BCUT2D eigenvalue weighted by Gasteiger charge is -2.21. The van der Waals surface area contributed by atoms with Crippen molar-refractivity contribution in [1.29, 1.82) is 0 Å². The van der Waals surface area contributed by atoms with Crippen LogP contribution in [0.2, 0.25) is 0 Å². The van der Waals surface area contributed by atoms with Gasteiger partial charge in [-0.15, -0.1) is 0 Å². The molecular weight excluding hydrogens is 306 g/mol. The Kier molecular flexibility index (Phi) is 3.77. The van der Waals surface area contributed by atoms with Gasteiger partial charge in [-0.25, -0.2) is 13.4 Å². The van der Waals surface area contributed by atoms with Crippen LogP contribution in [-0.2, 0) is 16.4 Å². The number of hydrogen-bond donors (Lipinski definition) is 1. The Hall–Kier alpha value is -1.74. The minimum Gasteiger partial charge on any atom is -0.360 e. The van der Waals surface area contributed by atoms with Gasteiger partial charge in [0.15, 0.2) is 11.6 Å². The quantitative estimate of drug-likeness (QED) is 0.913. The van der Waals surface area contributed by atoms with E-state index in [1.54, 1.807) is 13.8 Å². The number of nitrogens with one attached hydrogen (secondary N) is 1. The van der Waals surface area contributed by atoms with E-state index < -0.39 is 10.0 Å². The van der Waals surface area contributed by atoms with Crippen LogP contribution in [-0.4, -0.2) is 39.6 Å². The van der Waals surface area contributed by atoms with Crippen LogP contribution >= 0.6 is 0 Å². The summed E-state index contributed by atoms with van der Waals surface area (Å²) in [5.41, 5.74) is 0.382. The average molecular weight is 325 g/mol. The van der Waals surface area contributed by atoms with Gasteiger partial charge in [0, 0.05) is 13.0 Å². The number of aromatic nitrogens is 4. The van der Waals surface area contributed by atoms with E-state index in [0.29, 0.717) is 30.2 Å². The van der Waals surface area contributed by atoms with Crippen LogP contribution in [0.4, 0.5) is 0 Å². The molecule has 0 aromatic carbocycles. The maximum atomic E-state index is 13.0. The molecule has 1 fully saturated rings. The maximum Gasteiger partial charge on any atom is 0.249 e. The zero-order valence-corrected chi connectivity index (χ0v) is 13.6. The monoisotopic (exact) mass is 325 g/mol. The minimum absolute atomic E-state index is 0.158. The van der Waals surface area contributed by atoms with Gasteiger partial charge in [0.25, 0.3) is 0 Å². The second kappa shape index (κ2) is 5.47. The first-order chi connectivity index (χ1) is 10.4. The molecule has 1 atom stereocenters. The minimum atomic E-state index is -3.67. The van der Waals surface area contributed by atoms with Gasteiger partial charge in [-0.05, 0) is 26.7 Å². The second-order valence-electron chi connectivity index (χ2n) is 5.42. The molecule has 8 nitrogen and oxygen atoms in total. The third-order valence-corrected chi connectivity index (χ3v) is 6.07. The summed E-state index contributed by atoms with van der Waals surface area (Å²) in [6.07, 6.45) is 2.23. The molecule has 0 spiro atoms. The summed E-state index contributed by atoms with van der Waals surface area (Å²) in [4.78, 5) is 4.55. The zero-order chi connectivity index (χ0) is 15.9. The van der Waals surface area contributed by atoms with Crippen LogP contribution in [0.15, 0.2) is 9.42 Å². The Morgan fingerprint density at radius 3 is 2.77 bits per heavy atom. The van der Waals surface area contributed by atoms with Crippen molar-refractivity contribution in [1.82, 2.24) is 24.6 Å². The zero-order valence-electron chi connectivity index (χ0n) is 12.8. The number of hydrogen-bond acceptors (Lipinski definition) is 6. The van der Waals surface area contributed by atoms with E-state index in [1.807, 2.05) is 6.92 Å². The van der Waals surface area contributed by atoms with Gasteiger partial charge >= 0.3 is 0 Å². The van der Waals surface area contributed by atoms with Crippen molar-refractivity contribution in [2.24, 2.45) is 0 Å². The van der Waals surface area contributed by atoms with Crippen LogP contribution in [0, 0.1) is 13.8 Å². The SMILES string of the molecule is CCc1nc(C2CCCN2S(=O)(=O)c2c(C)noc2C)n[nH]1. The van der Waals surface area contributed by atoms with Crippen LogP contribution < -0.4 is 0 Å². The number of aryl methyl sites for hydroxylation is 3. The molecule has 1 aliphatic heterocycles. The van der Waals surface area contributed by atoms with Crippen molar-refractivity contribution in [3.05, 3.63) is 23.1 Å². The lowest BCUT2D eigenvalue weighted by molar-refractivity contribution is 0.377. The molecule has 22 heavy (non-hydrogen) atoms. The standard InChI is InChI=1S/C13H19N5O3S/c1-4-11-14-13(16-15-11)10-6-5-7-18(10)22(19,20)12-8(2)17-21-9(12)3/h10H,4-7H2,1-3H3,(H,14,15,16). The van der Waals surface area contributed by atoms with Crippen molar-refractivity contribution in [3.63, 3.8) is 0 Å². The fraction of sp³-hybridized carbons (Fsp3) is 0.615. The third-order valence-electron chi connectivity index (χ3n) is 3.92. The predicted octanol–water partition coefficient (Wildman–Crippen LogP) is 1.50. The van der Waals surface area contributed by atoms with Gasteiger partial charge in [0.1, 0.15) is 16.4 Å². The molecule has 1 aliphatic rings. The maximum absolute atomic E-state index is 13.0. The molecule has 3 heterocycles. The molecule has 1 N–H and O–H groups in total. The first kappa shape index (κ1) is 15.2. The van der Waals surface area contributed by atoms with E-state index in [4.69, 9.17) is 4.52 Å². The first-order valence-electron chi connectivity index (χ1n) is 7.31. The van der Waals surface area contributed by atoms with Crippen LogP contribution in [0.5, 0.6) is 0 Å². The number of rotatable bonds is 4. The largest absolute Gasteiger partial charge is 0.360 e. The van der Waals surface area contributed by atoms with Gasteiger partial charge in [-0.3, -0.25) is 5.10 Å². The summed E-state index contributed by atoms with van der Waals surface area (Å²) < 4.78 is 32.4. The summed E-state index contributed by atoms with van der Waals surface area (Å²) in [6.45, 7) is 5.67. The number of aromatic amines is 1. The molecule has 0 aliphatic carbocycles. The van der Waals surface area contributed by atoms with Crippen LogP contribution in [0.25, 0.3) is 0 Å². The van der Waals surface area contributed by atoms with E-state index in [9.17, 15) is 8.42 Å². The molecule has 0 radical (unpaired) electrons. The van der Waals surface area contributed by atoms with E-state index in [1.165, 1.54) is 4.31 Å². The van der Waals surface area contributed by atoms with Crippen LogP contribution in [0.3, 0.4) is 0 Å². The lowest BCUT2D eigenvalue weighted by Crippen LogP contribution is -2.31. The topological polar surface area (TPSA) is 105 Å². The highest BCUT2D eigenvalue weighted by molar-refractivity contribution is 7.89. The normalized spacial score (nSPS) is 19.9. The Morgan fingerprint density at radius 1 is 1.41 bits per heavy atom. The Labute approximate surface area is 129 Å². The summed E-state index contributed by atoms with van der Waals surface area (Å²) in [7, 11) is -3.67. The number of sulfonamides is 1. The summed E-state index contributed by atoms with van der Waals surface area (Å²) in [5, 5.41) is 10.8. The highest BCUT2D eigenvalue weighted by Gasteiger charge is 2.40. The fourth-order valence-electron chi connectivity index (χ4n) is 2.86. The molecule has 3 rings (SSSR count). The van der Waals surface area contributed by atoms with Crippen LogP contribution in [0.1, 0.15) is 48.9 Å². The third kappa shape index (κ3) is 2.34. The van der Waals surface area contributed by atoms with Gasteiger partial charge in [0.05, 0.1) is 6.04 Å². The Bertz CT molecular complexity index is 760. The van der Waals surface area contributed by atoms with Crippen molar-refractivity contribution in [2.75, 3.05) is 6.54 Å². The highest BCUT2D eigenvalue weighted by Crippen LogP contribution is 2.36. The molecule has 120 valence electrons. The molecule has 2 aromatic rings. The molecule has 9 heteroatoms. The van der Waals surface area contributed by atoms with Crippen molar-refractivity contribution < 1.29 is 12.9 Å². The van der Waals surface area contributed by atoms with E-state index in [-0.39, 0.29) is 10.9 Å². The number of H-pyrrole nitrogens is 1. The molecular formula is C13H19N5O3S. The molecule has 1 saturated heterocycles.